The van der Waals surface area contributed by atoms with Gasteiger partial charge in [-0.2, -0.15) is 0 Å². The fraction of sp³-hybridized carbons (Fsp3) is 0.889. The first-order valence-electron chi connectivity index (χ1n) is 5.00. The summed E-state index contributed by atoms with van der Waals surface area (Å²) in [4.78, 5) is 11.6. The molecule has 1 fully saturated rings. The molecule has 0 aromatic carbocycles. The van der Waals surface area contributed by atoms with Gasteiger partial charge in [-0.15, -0.1) is 0 Å². The third-order valence-electron chi connectivity index (χ3n) is 2.30. The van der Waals surface area contributed by atoms with Crippen LogP contribution >= 0.6 is 0 Å². The van der Waals surface area contributed by atoms with Crippen molar-refractivity contribution in [3.05, 3.63) is 0 Å². The van der Waals surface area contributed by atoms with Crippen molar-refractivity contribution in [1.29, 1.82) is 0 Å². The largest absolute Gasteiger partial charge is 0.394 e. The van der Waals surface area contributed by atoms with Crippen LogP contribution in [0.25, 0.3) is 0 Å². The van der Waals surface area contributed by atoms with E-state index in [9.17, 15) is 4.79 Å². The molecule has 1 aliphatic heterocycles. The number of carbonyl (C=O) groups is 1. The quantitative estimate of drug-likeness (QED) is 0.539. The molecule has 1 rings (SSSR count). The van der Waals surface area contributed by atoms with Crippen molar-refractivity contribution in [2.45, 2.75) is 25.4 Å². The summed E-state index contributed by atoms with van der Waals surface area (Å²) in [5.74, 6) is -0.0920. The lowest BCUT2D eigenvalue weighted by atomic mass is 10.2. The maximum absolute atomic E-state index is 11.6. The summed E-state index contributed by atoms with van der Waals surface area (Å²) in [6, 6.07) is -0.421. The highest BCUT2D eigenvalue weighted by atomic mass is 16.5. The highest BCUT2D eigenvalue weighted by molar-refractivity contribution is 5.82. The Kier molecular flexibility index (Phi) is 4.86. The Morgan fingerprint density at radius 2 is 2.57 bits per heavy atom. The Bertz CT molecular complexity index is 177. The molecule has 0 aromatic heterocycles. The van der Waals surface area contributed by atoms with Crippen LogP contribution in [0.2, 0.25) is 0 Å². The lowest BCUT2D eigenvalue weighted by Gasteiger charge is -2.24. The van der Waals surface area contributed by atoms with Crippen molar-refractivity contribution in [1.82, 2.24) is 10.6 Å². The standard InChI is InChI=1S/C9H18N2O3/c1-2-7(5-12)11-9(13)8-6-14-4-3-10-8/h7-8,10,12H,2-6H2,1H3,(H,11,13)/t7-,8?/m0/s1. The number of rotatable bonds is 4. The van der Waals surface area contributed by atoms with Gasteiger partial charge in [0.15, 0.2) is 0 Å². The zero-order valence-corrected chi connectivity index (χ0v) is 8.45. The second-order valence-electron chi connectivity index (χ2n) is 3.38. The van der Waals surface area contributed by atoms with Crippen LogP contribution in [-0.4, -0.2) is 49.5 Å². The van der Waals surface area contributed by atoms with Gasteiger partial charge in [0, 0.05) is 6.54 Å². The molecular formula is C9H18N2O3. The van der Waals surface area contributed by atoms with Crippen LogP contribution in [0.15, 0.2) is 0 Å². The van der Waals surface area contributed by atoms with Gasteiger partial charge in [0.25, 0.3) is 0 Å². The third-order valence-corrected chi connectivity index (χ3v) is 2.30. The molecule has 82 valence electrons. The van der Waals surface area contributed by atoms with E-state index in [1.54, 1.807) is 0 Å². The van der Waals surface area contributed by atoms with Crippen molar-refractivity contribution in [3.63, 3.8) is 0 Å². The second kappa shape index (κ2) is 5.95. The predicted molar refractivity (Wildman–Crippen MR) is 51.9 cm³/mol. The van der Waals surface area contributed by atoms with E-state index < -0.39 is 0 Å². The van der Waals surface area contributed by atoms with Gasteiger partial charge in [0.05, 0.1) is 25.9 Å². The summed E-state index contributed by atoms with van der Waals surface area (Å²) in [6.07, 6.45) is 0.732. The Balaban J connectivity index is 2.32. The maximum atomic E-state index is 11.6. The van der Waals surface area contributed by atoms with Crippen LogP contribution in [0.4, 0.5) is 0 Å². The van der Waals surface area contributed by atoms with E-state index >= 15 is 0 Å². The molecule has 1 heterocycles. The number of hydrogen-bond acceptors (Lipinski definition) is 4. The summed E-state index contributed by atoms with van der Waals surface area (Å²) in [7, 11) is 0. The number of amides is 1. The van der Waals surface area contributed by atoms with E-state index in [1.165, 1.54) is 0 Å². The van der Waals surface area contributed by atoms with Crippen LogP contribution < -0.4 is 10.6 Å². The second-order valence-corrected chi connectivity index (χ2v) is 3.38. The van der Waals surface area contributed by atoms with Crippen molar-refractivity contribution in [2.75, 3.05) is 26.4 Å². The number of aliphatic hydroxyl groups is 1. The van der Waals surface area contributed by atoms with E-state index in [4.69, 9.17) is 9.84 Å². The number of nitrogens with one attached hydrogen (secondary N) is 2. The van der Waals surface area contributed by atoms with E-state index in [0.717, 1.165) is 6.42 Å². The first-order chi connectivity index (χ1) is 6.77. The van der Waals surface area contributed by atoms with Gasteiger partial charge in [-0.25, -0.2) is 0 Å². The van der Waals surface area contributed by atoms with Gasteiger partial charge in [-0.1, -0.05) is 6.92 Å². The van der Waals surface area contributed by atoms with Crippen LogP contribution in [-0.2, 0) is 9.53 Å². The van der Waals surface area contributed by atoms with Crippen LogP contribution in [0.3, 0.4) is 0 Å². The van der Waals surface area contributed by atoms with Gasteiger partial charge in [-0.05, 0) is 6.42 Å². The Labute approximate surface area is 83.8 Å². The topological polar surface area (TPSA) is 70.6 Å². The zero-order valence-electron chi connectivity index (χ0n) is 8.45. The average Bonchev–Trinajstić information content (AvgIpc) is 2.26. The molecule has 5 nitrogen and oxygen atoms in total. The average molecular weight is 202 g/mol. The van der Waals surface area contributed by atoms with E-state index in [1.807, 2.05) is 6.92 Å². The van der Waals surface area contributed by atoms with Crippen LogP contribution in [0, 0.1) is 0 Å². The fourth-order valence-electron chi connectivity index (χ4n) is 1.31. The van der Waals surface area contributed by atoms with Crippen molar-refractivity contribution in [2.24, 2.45) is 0 Å². The minimum absolute atomic E-state index is 0.0180. The summed E-state index contributed by atoms with van der Waals surface area (Å²) in [6.45, 7) is 3.67. The SMILES string of the molecule is CC[C@@H](CO)NC(=O)C1COCCN1. The normalized spacial score (nSPS) is 24.3. The van der Waals surface area contributed by atoms with Crippen LogP contribution in [0.5, 0.6) is 0 Å². The Morgan fingerprint density at radius 3 is 3.07 bits per heavy atom. The van der Waals surface area contributed by atoms with Gasteiger partial charge in [-0.3, -0.25) is 4.79 Å². The van der Waals surface area contributed by atoms with Gasteiger partial charge in [0.2, 0.25) is 5.91 Å². The minimum atomic E-state index is -0.274. The predicted octanol–water partition coefficient (Wildman–Crippen LogP) is -1.14. The molecule has 14 heavy (non-hydrogen) atoms. The highest BCUT2D eigenvalue weighted by Crippen LogP contribution is 1.95. The Morgan fingerprint density at radius 1 is 1.79 bits per heavy atom. The van der Waals surface area contributed by atoms with Crippen molar-refractivity contribution in [3.8, 4) is 0 Å². The lowest BCUT2D eigenvalue weighted by Crippen LogP contribution is -2.53. The molecule has 0 spiro atoms. The molecule has 2 atom stereocenters. The maximum Gasteiger partial charge on any atom is 0.239 e. The first-order valence-corrected chi connectivity index (χ1v) is 5.00. The number of hydrogen-bond donors (Lipinski definition) is 3. The number of aliphatic hydroxyl groups excluding tert-OH is 1. The van der Waals surface area contributed by atoms with Gasteiger partial charge < -0.3 is 20.5 Å². The van der Waals surface area contributed by atoms with Crippen molar-refractivity contribution < 1.29 is 14.6 Å². The number of morpholine rings is 1. The first kappa shape index (κ1) is 11.4. The van der Waals surface area contributed by atoms with Crippen LogP contribution in [0.1, 0.15) is 13.3 Å². The molecule has 1 aliphatic rings. The lowest BCUT2D eigenvalue weighted by molar-refractivity contribution is -0.126. The smallest absolute Gasteiger partial charge is 0.239 e. The molecule has 5 heteroatoms. The molecule has 0 saturated carbocycles. The molecule has 0 radical (unpaired) electrons. The summed E-state index contributed by atoms with van der Waals surface area (Å²) >= 11 is 0. The Hall–Kier alpha value is -0.650. The summed E-state index contributed by atoms with van der Waals surface area (Å²) < 4.78 is 5.17. The summed E-state index contributed by atoms with van der Waals surface area (Å²) in [5.41, 5.74) is 0. The van der Waals surface area contributed by atoms with E-state index in [2.05, 4.69) is 10.6 Å². The monoisotopic (exact) mass is 202 g/mol. The zero-order chi connectivity index (χ0) is 10.4. The van der Waals surface area contributed by atoms with Gasteiger partial charge >= 0.3 is 0 Å². The number of ether oxygens (including phenoxy) is 1. The summed E-state index contributed by atoms with van der Waals surface area (Å²) in [5, 5.41) is 14.7. The molecule has 1 unspecified atom stereocenters. The molecule has 0 aliphatic carbocycles. The number of carbonyl (C=O) groups excluding carboxylic acids is 1. The highest BCUT2D eigenvalue weighted by Gasteiger charge is 2.22. The minimum Gasteiger partial charge on any atom is -0.394 e. The van der Waals surface area contributed by atoms with E-state index in [0.29, 0.717) is 19.8 Å². The molecule has 0 bridgehead atoms. The van der Waals surface area contributed by atoms with Gasteiger partial charge in [0.1, 0.15) is 6.04 Å². The molecule has 1 saturated heterocycles. The molecule has 0 aromatic rings. The van der Waals surface area contributed by atoms with E-state index in [-0.39, 0.29) is 24.6 Å². The van der Waals surface area contributed by atoms with Crippen molar-refractivity contribution >= 4 is 5.91 Å². The fourth-order valence-corrected chi connectivity index (χ4v) is 1.31. The third kappa shape index (κ3) is 3.25. The molecule has 1 amide bonds. The molecule has 3 N–H and O–H groups in total. The molecular weight excluding hydrogens is 184 g/mol.